The Hall–Kier alpha value is -7.82. The molecule has 1 N–H and O–H groups in total. The molecule has 75 heavy (non-hydrogen) atoms. The van der Waals surface area contributed by atoms with Gasteiger partial charge in [0.05, 0.1) is 28.0 Å². The van der Waals surface area contributed by atoms with Crippen LogP contribution < -0.4 is 0 Å². The van der Waals surface area contributed by atoms with Gasteiger partial charge in [0.25, 0.3) is 0 Å². The number of rotatable bonds is 11. The van der Waals surface area contributed by atoms with Crippen molar-refractivity contribution < 1.29 is 5.11 Å². The molecule has 1 aliphatic carbocycles. The monoisotopic (exact) mass is 980 g/mol. The van der Waals surface area contributed by atoms with Crippen LogP contribution in [0.3, 0.4) is 0 Å². The highest BCUT2D eigenvalue weighted by Crippen LogP contribution is 2.46. The normalized spacial score (nSPS) is 13.4. The predicted molar refractivity (Wildman–Crippen MR) is 315 cm³/mol. The van der Waals surface area contributed by atoms with Crippen molar-refractivity contribution in [3.05, 3.63) is 228 Å². The summed E-state index contributed by atoms with van der Waals surface area (Å²) in [7, 11) is 0. The van der Waals surface area contributed by atoms with Crippen molar-refractivity contribution in [2.45, 2.75) is 104 Å². The van der Waals surface area contributed by atoms with Crippen molar-refractivity contribution in [2.75, 3.05) is 0 Å². The average molecular weight is 980 g/mol. The molecule has 0 bridgehead atoms. The molecule has 374 valence electrons. The molecule has 1 saturated carbocycles. The van der Waals surface area contributed by atoms with Gasteiger partial charge >= 0.3 is 0 Å². The number of aromatic nitrogens is 3. The lowest BCUT2D eigenvalue weighted by molar-refractivity contribution is 0.446. The third kappa shape index (κ3) is 9.87. The van der Waals surface area contributed by atoms with Gasteiger partial charge in [0.15, 0.2) is 0 Å². The second-order valence-corrected chi connectivity index (χ2v) is 23.6. The van der Waals surface area contributed by atoms with E-state index in [9.17, 15) is 5.11 Å². The molecule has 0 saturated heterocycles. The van der Waals surface area contributed by atoms with Gasteiger partial charge in [-0.2, -0.15) is 0 Å². The number of aromatic hydroxyl groups is 1. The summed E-state index contributed by atoms with van der Waals surface area (Å²) in [5.74, 6) is 1.68. The quantitative estimate of drug-likeness (QED) is 0.140. The number of fused-ring (bicyclic) bond motifs is 1. The molecular weight excluding hydrogens is 911 g/mol. The molecular formula is C71H69N3O. The Labute approximate surface area is 444 Å². The summed E-state index contributed by atoms with van der Waals surface area (Å²) >= 11 is 0. The van der Waals surface area contributed by atoms with E-state index >= 15 is 0 Å². The fraction of sp³-hybridized carbons (Fsp3) is 0.239. The Morgan fingerprint density at radius 3 is 1.79 bits per heavy atom. The van der Waals surface area contributed by atoms with E-state index in [1.54, 1.807) is 0 Å². The van der Waals surface area contributed by atoms with Crippen molar-refractivity contribution in [1.29, 1.82) is 0 Å². The first-order valence-corrected chi connectivity index (χ1v) is 27.0. The Balaban J connectivity index is 1.12. The van der Waals surface area contributed by atoms with Gasteiger partial charge in [0.2, 0.25) is 0 Å². The molecule has 10 aromatic rings. The molecule has 0 unspecified atom stereocenters. The molecule has 1 aliphatic rings. The molecule has 0 aliphatic heterocycles. The minimum absolute atomic E-state index is 0.132. The van der Waals surface area contributed by atoms with Crippen molar-refractivity contribution in [3.63, 3.8) is 0 Å². The van der Waals surface area contributed by atoms with Crippen LogP contribution in [0.25, 0.3) is 83.9 Å². The smallest absolute Gasteiger partial charge is 0.149 e. The van der Waals surface area contributed by atoms with Crippen LogP contribution in [0.2, 0.25) is 0 Å². The number of phenols is 1. The fourth-order valence-electron chi connectivity index (χ4n) is 11.5. The van der Waals surface area contributed by atoms with Gasteiger partial charge < -0.3 is 5.11 Å². The zero-order chi connectivity index (χ0) is 52.1. The molecule has 0 spiro atoms. The largest absolute Gasteiger partial charge is 0.507 e. The van der Waals surface area contributed by atoms with Crippen LogP contribution in [-0.2, 0) is 22.7 Å². The number of nitrogens with zero attached hydrogens (tertiary/aromatic N) is 3. The Morgan fingerprint density at radius 2 is 1.11 bits per heavy atom. The number of imidazole rings is 1. The average Bonchev–Trinajstić information content (AvgIpc) is 4.10. The Bertz CT molecular complexity index is 3660. The topological polar surface area (TPSA) is 50.9 Å². The second-order valence-electron chi connectivity index (χ2n) is 23.6. The molecule has 2 heterocycles. The summed E-state index contributed by atoms with van der Waals surface area (Å²) in [6, 6.07) is 70.4. The molecule has 2 aromatic heterocycles. The number of hydrogen-bond donors (Lipinski definition) is 1. The molecule has 0 atom stereocenters. The molecule has 4 heteroatoms. The first-order valence-electron chi connectivity index (χ1n) is 27.0. The summed E-state index contributed by atoms with van der Waals surface area (Å²) < 4.78 is 2.33. The highest BCUT2D eigenvalue weighted by atomic mass is 16.3. The maximum Gasteiger partial charge on any atom is 0.149 e. The minimum atomic E-state index is -0.332. The second kappa shape index (κ2) is 19.8. The summed E-state index contributed by atoms with van der Waals surface area (Å²) in [4.78, 5) is 10.8. The first kappa shape index (κ1) is 49.4. The van der Waals surface area contributed by atoms with Gasteiger partial charge in [-0.05, 0) is 133 Å². The lowest BCUT2D eigenvalue weighted by atomic mass is 9.78. The van der Waals surface area contributed by atoms with E-state index in [1.165, 1.54) is 42.4 Å². The number of hydrogen-bond acceptors (Lipinski definition) is 3. The van der Waals surface area contributed by atoms with E-state index < -0.39 is 0 Å². The number of phenolic OH excluding ortho intramolecular Hbond substituents is 1. The first-order chi connectivity index (χ1) is 36.1. The van der Waals surface area contributed by atoms with Crippen LogP contribution in [-0.4, -0.2) is 19.6 Å². The maximum absolute atomic E-state index is 12.7. The maximum atomic E-state index is 12.7. The SMILES string of the molecule is CC(C)(C)c1cc(-c2nc3c(-c4cc(-c5ccccc5)cc(-c5cc(-c6ccc(C(C)(C)c7ccccc7)cc6)ccn5)c4)cccc3n2-c2ccc(CC3CCCC3)cc2-c2ccccc2)c(O)c(C(C)(C)C)c1. The lowest BCUT2D eigenvalue weighted by Crippen LogP contribution is -2.18. The molecule has 0 amide bonds. The zero-order valence-electron chi connectivity index (χ0n) is 45.0. The molecule has 8 aromatic carbocycles. The van der Waals surface area contributed by atoms with Crippen molar-refractivity contribution in [1.82, 2.24) is 14.5 Å². The van der Waals surface area contributed by atoms with Gasteiger partial charge in [-0.3, -0.25) is 9.55 Å². The van der Waals surface area contributed by atoms with Gasteiger partial charge in [-0.25, -0.2) is 4.98 Å². The van der Waals surface area contributed by atoms with Gasteiger partial charge in [-0.15, -0.1) is 0 Å². The number of benzene rings is 8. The molecule has 1 fully saturated rings. The number of para-hydroxylation sites is 1. The predicted octanol–water partition coefficient (Wildman–Crippen LogP) is 18.8. The number of pyridine rings is 1. The third-order valence-corrected chi connectivity index (χ3v) is 15.9. The highest BCUT2D eigenvalue weighted by molar-refractivity contribution is 5.98. The van der Waals surface area contributed by atoms with Crippen LogP contribution in [0.5, 0.6) is 5.75 Å². The highest BCUT2D eigenvalue weighted by Gasteiger charge is 2.30. The van der Waals surface area contributed by atoms with E-state index in [-0.39, 0.29) is 22.0 Å². The third-order valence-electron chi connectivity index (χ3n) is 15.9. The van der Waals surface area contributed by atoms with Gasteiger partial charge in [0.1, 0.15) is 11.6 Å². The Morgan fingerprint density at radius 1 is 0.480 bits per heavy atom. The lowest BCUT2D eigenvalue weighted by Gasteiger charge is -2.27. The van der Waals surface area contributed by atoms with Crippen LogP contribution in [0.1, 0.15) is 109 Å². The molecule has 11 rings (SSSR count). The van der Waals surface area contributed by atoms with E-state index in [0.717, 1.165) is 95.6 Å². The van der Waals surface area contributed by atoms with Crippen LogP contribution in [0.15, 0.2) is 200 Å². The van der Waals surface area contributed by atoms with Crippen LogP contribution in [0, 0.1) is 5.92 Å². The fourth-order valence-corrected chi connectivity index (χ4v) is 11.5. The van der Waals surface area contributed by atoms with Crippen molar-refractivity contribution in [2.24, 2.45) is 5.92 Å². The minimum Gasteiger partial charge on any atom is -0.507 e. The van der Waals surface area contributed by atoms with E-state index in [4.69, 9.17) is 9.97 Å². The zero-order valence-corrected chi connectivity index (χ0v) is 45.0. The van der Waals surface area contributed by atoms with Crippen LogP contribution in [0.4, 0.5) is 0 Å². The summed E-state index contributed by atoms with van der Waals surface area (Å²) in [5.41, 5.74) is 19.6. The van der Waals surface area contributed by atoms with E-state index in [2.05, 4.69) is 254 Å². The van der Waals surface area contributed by atoms with E-state index in [1.807, 2.05) is 6.20 Å². The Kier molecular flexibility index (Phi) is 13.0. The molecule has 0 radical (unpaired) electrons. The standard InChI is InChI=1S/C71H69N3O/c1-69(2,3)58-45-61(67(75)62(46-58)70(4,5)6)68-73-66-59(29-20-30-65(66)74(68)64-36-31-48(39-47-21-18-19-22-47)40-60(64)51-25-14-10-15-26-51)54-41-53(49-23-12-9-13-24-49)42-55(43-54)63-44-52(37-38-72-63)50-32-34-57(35-33-50)71(7,8)56-27-16-11-17-28-56/h9-17,20,23-38,40-47,75H,18-19,21-22,39H2,1-8H3. The summed E-state index contributed by atoms with van der Waals surface area (Å²) in [6.07, 6.45) is 8.22. The van der Waals surface area contributed by atoms with Gasteiger partial charge in [-0.1, -0.05) is 221 Å². The summed E-state index contributed by atoms with van der Waals surface area (Å²) in [6.45, 7) is 17.9. The molecule has 4 nitrogen and oxygen atoms in total. The van der Waals surface area contributed by atoms with Crippen molar-refractivity contribution >= 4 is 11.0 Å². The van der Waals surface area contributed by atoms with Crippen LogP contribution >= 0.6 is 0 Å². The van der Waals surface area contributed by atoms with Crippen molar-refractivity contribution in [3.8, 4) is 78.6 Å². The van der Waals surface area contributed by atoms with Gasteiger partial charge in [0, 0.05) is 33.9 Å². The summed E-state index contributed by atoms with van der Waals surface area (Å²) in [5, 5.41) is 12.7. The van der Waals surface area contributed by atoms with E-state index in [0.29, 0.717) is 11.7 Å².